The monoisotopic (exact) mass is 347 g/mol. The summed E-state index contributed by atoms with van der Waals surface area (Å²) in [6.07, 6.45) is 1.45. The average molecular weight is 347 g/mol. The number of halogens is 3. The maximum atomic E-state index is 12.9. The summed E-state index contributed by atoms with van der Waals surface area (Å²) in [7, 11) is 3.08. The van der Waals surface area contributed by atoms with Crippen LogP contribution in [0.15, 0.2) is 11.2 Å². The second-order valence-electron chi connectivity index (χ2n) is 5.90. The number of rotatable bonds is 8. The number of hydrogen-bond donors (Lipinski definition) is 2. The number of guanidine groups is 1. The predicted molar refractivity (Wildman–Crippen MR) is 89.7 cm³/mol. The van der Waals surface area contributed by atoms with E-state index in [0.29, 0.717) is 11.9 Å². The van der Waals surface area contributed by atoms with Gasteiger partial charge in [0.2, 0.25) is 0 Å². The summed E-state index contributed by atoms with van der Waals surface area (Å²) in [6, 6.07) is 0. The van der Waals surface area contributed by atoms with Crippen molar-refractivity contribution < 1.29 is 13.2 Å². The Morgan fingerprint density at radius 2 is 2.04 bits per heavy atom. The van der Waals surface area contributed by atoms with Crippen LogP contribution in [0.2, 0.25) is 0 Å². The number of aromatic nitrogens is 2. The van der Waals surface area contributed by atoms with Gasteiger partial charge < -0.3 is 10.6 Å². The molecule has 0 aliphatic heterocycles. The lowest BCUT2D eigenvalue weighted by atomic mass is 9.99. The van der Waals surface area contributed by atoms with Gasteiger partial charge in [-0.15, -0.1) is 0 Å². The topological polar surface area (TPSA) is 54.2 Å². The van der Waals surface area contributed by atoms with Crippen LogP contribution in [-0.4, -0.2) is 29.3 Å². The number of alkyl halides is 3. The van der Waals surface area contributed by atoms with Gasteiger partial charge in [-0.05, 0) is 12.3 Å². The minimum atomic E-state index is -4.46. The first-order valence-corrected chi connectivity index (χ1v) is 8.36. The van der Waals surface area contributed by atoms with Gasteiger partial charge in [-0.3, -0.25) is 9.67 Å². The Bertz CT molecular complexity index is 522. The Kier molecular flexibility index (Phi) is 8.07. The van der Waals surface area contributed by atoms with Crippen molar-refractivity contribution in [3.8, 4) is 0 Å². The SMILES string of the molecule is CCCCC(CC)CNC(=NC)NCc1cn(C)nc1C(F)(F)F. The van der Waals surface area contributed by atoms with Gasteiger partial charge in [-0.25, -0.2) is 0 Å². The molecule has 0 aromatic carbocycles. The zero-order chi connectivity index (χ0) is 18.2. The molecule has 138 valence electrons. The lowest BCUT2D eigenvalue weighted by Gasteiger charge is -2.18. The molecule has 0 bridgehead atoms. The molecule has 8 heteroatoms. The summed E-state index contributed by atoms with van der Waals surface area (Å²) in [6.45, 7) is 5.08. The number of aryl methyl sites for hydroxylation is 1. The van der Waals surface area contributed by atoms with Crippen molar-refractivity contribution in [1.82, 2.24) is 20.4 Å². The van der Waals surface area contributed by atoms with Gasteiger partial charge in [0.1, 0.15) is 0 Å². The molecule has 0 fully saturated rings. The molecule has 0 aliphatic carbocycles. The van der Waals surface area contributed by atoms with E-state index in [0.717, 1.165) is 25.8 Å². The van der Waals surface area contributed by atoms with Crippen molar-refractivity contribution in [2.45, 2.75) is 52.3 Å². The van der Waals surface area contributed by atoms with E-state index in [9.17, 15) is 13.2 Å². The molecule has 0 saturated carbocycles. The highest BCUT2D eigenvalue weighted by molar-refractivity contribution is 5.79. The Morgan fingerprint density at radius 3 is 2.58 bits per heavy atom. The summed E-state index contributed by atoms with van der Waals surface area (Å²) in [5.74, 6) is 1.04. The van der Waals surface area contributed by atoms with Crippen LogP contribution in [0.4, 0.5) is 13.2 Å². The van der Waals surface area contributed by atoms with Crippen molar-refractivity contribution in [2.24, 2.45) is 18.0 Å². The average Bonchev–Trinajstić information content (AvgIpc) is 2.91. The van der Waals surface area contributed by atoms with E-state index < -0.39 is 11.9 Å². The van der Waals surface area contributed by atoms with Crippen LogP contribution in [0.5, 0.6) is 0 Å². The maximum absolute atomic E-state index is 12.9. The lowest BCUT2D eigenvalue weighted by Crippen LogP contribution is -2.39. The fourth-order valence-electron chi connectivity index (χ4n) is 2.49. The number of hydrogen-bond acceptors (Lipinski definition) is 2. The third kappa shape index (κ3) is 6.41. The van der Waals surface area contributed by atoms with E-state index in [1.807, 2.05) is 0 Å². The van der Waals surface area contributed by atoms with Gasteiger partial charge in [0.15, 0.2) is 11.7 Å². The summed E-state index contributed by atoms with van der Waals surface area (Å²) in [5.41, 5.74) is -0.756. The largest absolute Gasteiger partial charge is 0.435 e. The van der Waals surface area contributed by atoms with Crippen LogP contribution >= 0.6 is 0 Å². The first-order valence-electron chi connectivity index (χ1n) is 8.36. The number of nitrogens with zero attached hydrogens (tertiary/aromatic N) is 3. The molecule has 0 spiro atoms. The highest BCUT2D eigenvalue weighted by Gasteiger charge is 2.36. The molecular formula is C16H28F3N5. The highest BCUT2D eigenvalue weighted by atomic mass is 19.4. The normalized spacial score (nSPS) is 13.9. The fourth-order valence-corrected chi connectivity index (χ4v) is 2.49. The number of aliphatic imine (C=N–C) groups is 1. The molecule has 24 heavy (non-hydrogen) atoms. The smallest absolute Gasteiger partial charge is 0.356 e. The van der Waals surface area contributed by atoms with Crippen molar-refractivity contribution in [2.75, 3.05) is 13.6 Å². The van der Waals surface area contributed by atoms with Crippen LogP contribution in [0, 0.1) is 5.92 Å². The molecule has 0 aliphatic rings. The third-order valence-electron chi connectivity index (χ3n) is 3.94. The van der Waals surface area contributed by atoms with Gasteiger partial charge in [0.25, 0.3) is 0 Å². The second kappa shape index (κ2) is 9.54. The van der Waals surface area contributed by atoms with Gasteiger partial charge in [-0.2, -0.15) is 18.3 Å². The Balaban J connectivity index is 2.59. The molecule has 1 aromatic rings. The Morgan fingerprint density at radius 1 is 1.33 bits per heavy atom. The van der Waals surface area contributed by atoms with Gasteiger partial charge >= 0.3 is 6.18 Å². The van der Waals surface area contributed by atoms with Crippen molar-refractivity contribution in [3.63, 3.8) is 0 Å². The van der Waals surface area contributed by atoms with E-state index >= 15 is 0 Å². The van der Waals surface area contributed by atoms with Gasteiger partial charge in [-0.1, -0.05) is 33.1 Å². The zero-order valence-corrected chi connectivity index (χ0v) is 14.9. The first kappa shape index (κ1) is 20.3. The molecule has 1 atom stereocenters. The van der Waals surface area contributed by atoms with Crippen LogP contribution in [0.3, 0.4) is 0 Å². The molecule has 1 unspecified atom stereocenters. The molecule has 0 radical (unpaired) electrons. The first-order chi connectivity index (χ1) is 11.3. The molecule has 1 aromatic heterocycles. The Hall–Kier alpha value is -1.73. The number of nitrogens with one attached hydrogen (secondary N) is 2. The molecule has 0 saturated heterocycles. The molecular weight excluding hydrogens is 319 g/mol. The molecule has 1 heterocycles. The minimum Gasteiger partial charge on any atom is -0.356 e. The van der Waals surface area contributed by atoms with E-state index in [2.05, 4.69) is 34.6 Å². The Labute approximate surface area is 141 Å². The minimum absolute atomic E-state index is 0.0219. The van der Waals surface area contributed by atoms with Crippen molar-refractivity contribution >= 4 is 5.96 Å². The van der Waals surface area contributed by atoms with Gasteiger partial charge in [0, 0.05) is 38.9 Å². The maximum Gasteiger partial charge on any atom is 0.435 e. The lowest BCUT2D eigenvalue weighted by molar-refractivity contribution is -0.142. The molecule has 0 amide bonds. The number of unbranched alkanes of at least 4 members (excludes halogenated alkanes) is 1. The molecule has 2 N–H and O–H groups in total. The molecule has 5 nitrogen and oxygen atoms in total. The fraction of sp³-hybridized carbons (Fsp3) is 0.750. The third-order valence-corrected chi connectivity index (χ3v) is 3.94. The summed E-state index contributed by atoms with van der Waals surface area (Å²) >= 11 is 0. The highest BCUT2D eigenvalue weighted by Crippen LogP contribution is 2.30. The predicted octanol–water partition coefficient (Wildman–Crippen LogP) is 3.32. The van der Waals surface area contributed by atoms with E-state index in [4.69, 9.17) is 0 Å². The molecule has 1 rings (SSSR count). The zero-order valence-electron chi connectivity index (χ0n) is 14.9. The van der Waals surface area contributed by atoms with E-state index in [1.165, 1.54) is 24.3 Å². The van der Waals surface area contributed by atoms with E-state index in [1.54, 1.807) is 7.05 Å². The van der Waals surface area contributed by atoms with Gasteiger partial charge in [0.05, 0.1) is 0 Å². The summed E-state index contributed by atoms with van der Waals surface area (Å²) in [5, 5.41) is 9.63. The standard InChI is InChI=1S/C16H28F3N5/c1-5-7-8-12(6-2)9-21-15(20-3)22-10-13-11-24(4)23-14(13)16(17,18)19/h11-12H,5-10H2,1-4H3,(H2,20,21,22). The van der Waals surface area contributed by atoms with Crippen LogP contribution < -0.4 is 10.6 Å². The summed E-state index contributed by atoms with van der Waals surface area (Å²) in [4.78, 5) is 4.07. The van der Waals surface area contributed by atoms with E-state index in [-0.39, 0.29) is 12.1 Å². The van der Waals surface area contributed by atoms with Crippen LogP contribution in [0.1, 0.15) is 50.8 Å². The summed E-state index contributed by atoms with van der Waals surface area (Å²) < 4.78 is 40.0. The van der Waals surface area contributed by atoms with Crippen LogP contribution in [-0.2, 0) is 19.8 Å². The van der Waals surface area contributed by atoms with Crippen molar-refractivity contribution in [1.29, 1.82) is 0 Å². The quantitative estimate of drug-likeness (QED) is 0.560. The van der Waals surface area contributed by atoms with Crippen LogP contribution in [0.25, 0.3) is 0 Å². The van der Waals surface area contributed by atoms with Crippen molar-refractivity contribution in [3.05, 3.63) is 17.5 Å². The second-order valence-corrected chi connectivity index (χ2v) is 5.90.